The number of nitrogens with one attached hydrogen (secondary N) is 1. The van der Waals surface area contributed by atoms with Crippen molar-refractivity contribution in [3.05, 3.63) is 42.1 Å². The molecule has 0 fully saturated rings. The van der Waals surface area contributed by atoms with E-state index in [-0.39, 0.29) is 0 Å². The van der Waals surface area contributed by atoms with Gasteiger partial charge in [-0.05, 0) is 31.5 Å². The molecule has 104 valence electrons. The van der Waals surface area contributed by atoms with Crippen LogP contribution in [0.4, 0.5) is 5.69 Å². The van der Waals surface area contributed by atoms with Crippen LogP contribution in [0.1, 0.15) is 11.3 Å². The van der Waals surface area contributed by atoms with Crippen molar-refractivity contribution in [3.63, 3.8) is 0 Å². The highest BCUT2D eigenvalue weighted by atomic mass is 16.5. The number of benzene rings is 1. The van der Waals surface area contributed by atoms with Crippen molar-refractivity contribution in [2.45, 2.75) is 20.4 Å². The summed E-state index contributed by atoms with van der Waals surface area (Å²) in [5.74, 6) is 0.838. The van der Waals surface area contributed by atoms with Gasteiger partial charge in [0.15, 0.2) is 0 Å². The van der Waals surface area contributed by atoms with Gasteiger partial charge in [0, 0.05) is 29.2 Å². The largest absolute Gasteiger partial charge is 0.490 e. The van der Waals surface area contributed by atoms with Crippen molar-refractivity contribution in [1.29, 1.82) is 0 Å². The number of nitrogens with two attached hydrogens (primary N) is 1. The Kier molecular flexibility index (Phi) is 3.10. The molecule has 2 aromatic heterocycles. The average molecular weight is 270 g/mol. The van der Waals surface area contributed by atoms with Crippen LogP contribution >= 0.6 is 0 Å². The number of aromatic nitrogens is 3. The Morgan fingerprint density at radius 2 is 2.20 bits per heavy atom. The van der Waals surface area contributed by atoms with Gasteiger partial charge in [-0.15, -0.1) is 0 Å². The van der Waals surface area contributed by atoms with Gasteiger partial charge in [0.25, 0.3) is 0 Å². The summed E-state index contributed by atoms with van der Waals surface area (Å²) in [4.78, 5) is 7.36. The van der Waals surface area contributed by atoms with E-state index in [0.717, 1.165) is 34.6 Å². The monoisotopic (exact) mass is 270 g/mol. The van der Waals surface area contributed by atoms with Gasteiger partial charge in [-0.3, -0.25) is 0 Å². The van der Waals surface area contributed by atoms with Gasteiger partial charge >= 0.3 is 0 Å². The third kappa shape index (κ3) is 2.11. The van der Waals surface area contributed by atoms with Crippen LogP contribution in [-0.2, 0) is 6.54 Å². The minimum absolute atomic E-state index is 0.590. The minimum Gasteiger partial charge on any atom is -0.490 e. The lowest BCUT2D eigenvalue weighted by molar-refractivity contribution is 0.301. The van der Waals surface area contributed by atoms with E-state index in [1.807, 2.05) is 29.8 Å². The van der Waals surface area contributed by atoms with Gasteiger partial charge < -0.3 is 20.0 Å². The summed E-state index contributed by atoms with van der Waals surface area (Å²) < 4.78 is 7.87. The number of imidazole rings is 1. The lowest BCUT2D eigenvalue weighted by atomic mass is 10.1. The predicted molar refractivity (Wildman–Crippen MR) is 79.9 cm³/mol. The SMILES string of the molecule is Cc1[nH]c2c(OCCn3ccnc3)ccc(N)c2c1C. The molecule has 0 radical (unpaired) electrons. The first-order valence-electron chi connectivity index (χ1n) is 6.62. The number of aryl methyl sites for hydroxylation is 2. The Bertz CT molecular complexity index is 728. The maximum absolute atomic E-state index is 6.06. The second-order valence-electron chi connectivity index (χ2n) is 4.93. The number of nitrogens with zero attached hydrogens (tertiary/aromatic N) is 2. The van der Waals surface area contributed by atoms with E-state index in [0.29, 0.717) is 6.61 Å². The molecule has 0 atom stereocenters. The number of anilines is 1. The third-order valence-electron chi connectivity index (χ3n) is 3.62. The first kappa shape index (κ1) is 12.6. The molecule has 5 nitrogen and oxygen atoms in total. The van der Waals surface area contributed by atoms with Crippen molar-refractivity contribution in [2.75, 3.05) is 12.3 Å². The third-order valence-corrected chi connectivity index (χ3v) is 3.62. The van der Waals surface area contributed by atoms with Crippen molar-refractivity contribution >= 4 is 16.6 Å². The maximum atomic E-state index is 6.06. The van der Waals surface area contributed by atoms with Crippen LogP contribution in [0.5, 0.6) is 5.75 Å². The molecule has 0 saturated heterocycles. The Hall–Kier alpha value is -2.43. The van der Waals surface area contributed by atoms with Gasteiger partial charge in [-0.1, -0.05) is 0 Å². The van der Waals surface area contributed by atoms with E-state index in [4.69, 9.17) is 10.5 Å². The van der Waals surface area contributed by atoms with Crippen LogP contribution in [0.25, 0.3) is 10.9 Å². The average Bonchev–Trinajstić information content (AvgIpc) is 3.03. The maximum Gasteiger partial charge on any atom is 0.143 e. The topological polar surface area (TPSA) is 68.9 Å². The van der Waals surface area contributed by atoms with Crippen LogP contribution in [-0.4, -0.2) is 21.1 Å². The Morgan fingerprint density at radius 3 is 2.95 bits per heavy atom. The van der Waals surface area contributed by atoms with E-state index < -0.39 is 0 Å². The smallest absolute Gasteiger partial charge is 0.143 e. The van der Waals surface area contributed by atoms with Crippen molar-refractivity contribution in [2.24, 2.45) is 0 Å². The van der Waals surface area contributed by atoms with Crippen molar-refractivity contribution in [3.8, 4) is 5.75 Å². The van der Waals surface area contributed by atoms with E-state index in [1.54, 1.807) is 12.5 Å². The molecule has 2 heterocycles. The van der Waals surface area contributed by atoms with Gasteiger partial charge in [-0.2, -0.15) is 0 Å². The molecule has 3 aromatic rings. The summed E-state index contributed by atoms with van der Waals surface area (Å²) in [6, 6.07) is 3.82. The number of fused-ring (bicyclic) bond motifs is 1. The summed E-state index contributed by atoms with van der Waals surface area (Å²) in [6.07, 6.45) is 5.47. The van der Waals surface area contributed by atoms with Gasteiger partial charge in [0.05, 0.1) is 18.4 Å². The molecule has 0 aliphatic heterocycles. The molecule has 20 heavy (non-hydrogen) atoms. The summed E-state index contributed by atoms with van der Waals surface area (Å²) in [5.41, 5.74) is 10.1. The molecule has 0 amide bonds. The fraction of sp³-hybridized carbons (Fsp3) is 0.267. The van der Waals surface area contributed by atoms with Crippen LogP contribution in [0.15, 0.2) is 30.9 Å². The first-order chi connectivity index (χ1) is 9.66. The van der Waals surface area contributed by atoms with Gasteiger partial charge in [-0.25, -0.2) is 4.98 Å². The summed E-state index contributed by atoms with van der Waals surface area (Å²) >= 11 is 0. The molecule has 0 aliphatic rings. The molecular weight excluding hydrogens is 252 g/mol. The van der Waals surface area contributed by atoms with Gasteiger partial charge in [0.2, 0.25) is 0 Å². The van der Waals surface area contributed by atoms with E-state index in [2.05, 4.69) is 16.9 Å². The number of rotatable bonds is 4. The molecule has 0 saturated carbocycles. The number of ether oxygens (including phenoxy) is 1. The predicted octanol–water partition coefficient (Wildman–Crippen LogP) is 2.64. The lowest BCUT2D eigenvalue weighted by Crippen LogP contribution is -2.06. The number of H-pyrrole nitrogens is 1. The molecule has 1 aromatic carbocycles. The normalized spacial score (nSPS) is 11.1. The van der Waals surface area contributed by atoms with Crippen molar-refractivity contribution < 1.29 is 4.74 Å². The number of hydrogen-bond donors (Lipinski definition) is 2. The molecular formula is C15H18N4O. The highest BCUT2D eigenvalue weighted by molar-refractivity contribution is 5.98. The Labute approximate surface area is 117 Å². The van der Waals surface area contributed by atoms with E-state index >= 15 is 0 Å². The van der Waals surface area contributed by atoms with Crippen LogP contribution in [0.3, 0.4) is 0 Å². The quantitative estimate of drug-likeness (QED) is 0.716. The summed E-state index contributed by atoms with van der Waals surface area (Å²) in [7, 11) is 0. The van der Waals surface area contributed by atoms with E-state index in [1.165, 1.54) is 5.56 Å². The van der Waals surface area contributed by atoms with E-state index in [9.17, 15) is 0 Å². The zero-order chi connectivity index (χ0) is 14.1. The molecule has 0 aliphatic carbocycles. The molecule has 3 rings (SSSR count). The van der Waals surface area contributed by atoms with Crippen LogP contribution < -0.4 is 10.5 Å². The van der Waals surface area contributed by atoms with Crippen LogP contribution in [0, 0.1) is 13.8 Å². The first-order valence-corrected chi connectivity index (χ1v) is 6.62. The molecule has 5 heteroatoms. The second-order valence-corrected chi connectivity index (χ2v) is 4.93. The lowest BCUT2D eigenvalue weighted by Gasteiger charge is -2.09. The highest BCUT2D eigenvalue weighted by Gasteiger charge is 2.12. The standard InChI is InChI=1S/C15H18N4O/c1-10-11(2)18-15-13(4-3-12(16)14(10)15)20-8-7-19-6-5-17-9-19/h3-6,9,18H,7-8,16H2,1-2H3. The van der Waals surface area contributed by atoms with Crippen molar-refractivity contribution in [1.82, 2.24) is 14.5 Å². The highest BCUT2D eigenvalue weighted by Crippen LogP contribution is 2.33. The molecule has 0 spiro atoms. The fourth-order valence-corrected chi connectivity index (χ4v) is 2.40. The summed E-state index contributed by atoms with van der Waals surface area (Å²) in [6.45, 7) is 5.47. The zero-order valence-electron chi connectivity index (χ0n) is 11.7. The Balaban J connectivity index is 1.85. The molecule has 0 unspecified atom stereocenters. The second kappa shape index (κ2) is 4.92. The molecule has 3 N–H and O–H groups in total. The van der Waals surface area contributed by atoms with Crippen LogP contribution in [0.2, 0.25) is 0 Å². The number of hydrogen-bond acceptors (Lipinski definition) is 3. The van der Waals surface area contributed by atoms with Gasteiger partial charge in [0.1, 0.15) is 12.4 Å². The Morgan fingerprint density at radius 1 is 1.35 bits per heavy atom. The summed E-state index contributed by atoms with van der Waals surface area (Å²) in [5, 5.41) is 1.06. The minimum atomic E-state index is 0.590. The number of aromatic amines is 1. The number of nitrogen functional groups attached to an aromatic ring is 1. The fourth-order valence-electron chi connectivity index (χ4n) is 2.40. The molecule has 0 bridgehead atoms. The zero-order valence-corrected chi connectivity index (χ0v) is 11.7.